The van der Waals surface area contributed by atoms with E-state index in [2.05, 4.69) is 32.0 Å². The summed E-state index contributed by atoms with van der Waals surface area (Å²) >= 11 is 0. The number of likely N-dealkylation sites (tertiary alicyclic amines) is 1. The van der Waals surface area contributed by atoms with Crippen LogP contribution >= 0.6 is 0 Å². The molecule has 3 aromatic heterocycles. The van der Waals surface area contributed by atoms with Crippen molar-refractivity contribution in [3.05, 3.63) is 75.0 Å². The van der Waals surface area contributed by atoms with Crippen LogP contribution in [0.1, 0.15) is 35.0 Å². The molecule has 0 unspecified atom stereocenters. The van der Waals surface area contributed by atoms with Gasteiger partial charge in [0.05, 0.1) is 29.9 Å². The molecule has 224 valence electrons. The van der Waals surface area contributed by atoms with Crippen LogP contribution in [-0.2, 0) is 18.2 Å². The van der Waals surface area contributed by atoms with Gasteiger partial charge in [0, 0.05) is 92.7 Å². The fraction of sp³-hybridized carbons (Fsp3) is 0.364. The number of halogens is 1. The number of anilines is 2. The Balaban J connectivity index is 1.51. The first-order valence-electron chi connectivity index (χ1n) is 14.8. The highest BCUT2D eigenvalue weighted by Gasteiger charge is 2.43. The minimum atomic E-state index is -0.681. The molecule has 2 saturated heterocycles. The number of rotatable bonds is 5. The van der Waals surface area contributed by atoms with E-state index in [1.165, 1.54) is 12.3 Å². The molecule has 2 atom stereocenters. The molecule has 0 radical (unpaired) electrons. The van der Waals surface area contributed by atoms with Crippen LogP contribution in [0.4, 0.5) is 21.5 Å². The van der Waals surface area contributed by atoms with Crippen LogP contribution in [0.15, 0.2) is 35.5 Å². The van der Waals surface area contributed by atoms with E-state index in [0.29, 0.717) is 34.8 Å². The number of hydrogen-bond acceptors (Lipinski definition) is 8. The monoisotopic (exact) mass is 593 g/mol. The zero-order valence-electron chi connectivity index (χ0n) is 25.1. The second-order valence-corrected chi connectivity index (χ2v) is 11.8. The average Bonchev–Trinajstić information content (AvgIpc) is 3.70. The van der Waals surface area contributed by atoms with Crippen LogP contribution in [0.3, 0.4) is 0 Å². The van der Waals surface area contributed by atoms with Crippen LogP contribution in [-0.4, -0.2) is 71.8 Å². The standard InChI is InChI=1S/C33H32FN7O3/c1-6-44-33(43)22-15-40(5)32-20(31(22)42)9-18(12-38-32)21-13-37-25-10-19-24(35-2)11-23(34)29(36-3)27(19)28(25)30(21)41-8-7-17-14-39(4)16-26(17)41/h9,11-13,15,17,26,35H,6-8,10,14,16H2,1-2,4-5H3/t17-,26+/m0/s1. The summed E-state index contributed by atoms with van der Waals surface area (Å²) in [4.78, 5) is 44.1. The molecule has 1 N–H and O–H groups in total. The summed E-state index contributed by atoms with van der Waals surface area (Å²) < 4.78 is 22.2. The number of ether oxygens (including phenoxy) is 1. The summed E-state index contributed by atoms with van der Waals surface area (Å²) in [5, 5.41) is 3.40. The third-order valence-electron chi connectivity index (χ3n) is 9.30. The maximum atomic E-state index is 15.4. The smallest absolute Gasteiger partial charge is 0.343 e. The number of aromatic nitrogens is 3. The lowest BCUT2D eigenvalue weighted by Gasteiger charge is -2.31. The van der Waals surface area contributed by atoms with Crippen molar-refractivity contribution in [1.82, 2.24) is 19.4 Å². The molecule has 10 nitrogen and oxygen atoms in total. The van der Waals surface area contributed by atoms with Gasteiger partial charge < -0.3 is 24.4 Å². The molecule has 2 aliphatic heterocycles. The fourth-order valence-corrected chi connectivity index (χ4v) is 7.39. The highest BCUT2D eigenvalue weighted by atomic mass is 19.1. The molecular weight excluding hydrogens is 561 g/mol. The zero-order chi connectivity index (χ0) is 30.9. The summed E-state index contributed by atoms with van der Waals surface area (Å²) in [6, 6.07) is 3.38. The molecule has 11 heteroatoms. The molecule has 0 spiro atoms. The van der Waals surface area contributed by atoms with Crippen molar-refractivity contribution >= 4 is 34.1 Å². The van der Waals surface area contributed by atoms with E-state index in [1.807, 2.05) is 6.20 Å². The van der Waals surface area contributed by atoms with Gasteiger partial charge in [-0.3, -0.25) is 9.78 Å². The normalized spacial score (nSPS) is 18.7. The Labute approximate surface area is 253 Å². The Morgan fingerprint density at radius 1 is 1.20 bits per heavy atom. The van der Waals surface area contributed by atoms with Crippen molar-refractivity contribution in [2.45, 2.75) is 25.8 Å². The highest BCUT2D eigenvalue weighted by Crippen LogP contribution is 2.54. The molecule has 5 heterocycles. The lowest BCUT2D eigenvalue weighted by atomic mass is 9.95. The van der Waals surface area contributed by atoms with E-state index in [0.717, 1.165) is 54.1 Å². The van der Waals surface area contributed by atoms with Crippen molar-refractivity contribution in [2.24, 2.45) is 13.0 Å². The van der Waals surface area contributed by atoms with Gasteiger partial charge in [-0.05, 0) is 44.0 Å². The van der Waals surface area contributed by atoms with E-state index in [-0.39, 0.29) is 29.3 Å². The number of esters is 1. The van der Waals surface area contributed by atoms with Gasteiger partial charge in [0.1, 0.15) is 17.0 Å². The first kappa shape index (κ1) is 28.0. The van der Waals surface area contributed by atoms with Crippen LogP contribution in [0.2, 0.25) is 0 Å². The number of fused-ring (bicyclic) bond motifs is 5. The Bertz CT molecular complexity index is 1980. The van der Waals surface area contributed by atoms with Gasteiger partial charge in [-0.2, -0.15) is 0 Å². The Morgan fingerprint density at radius 2 is 2.02 bits per heavy atom. The molecular formula is C33H32FN7O3. The van der Waals surface area contributed by atoms with Gasteiger partial charge in [0.15, 0.2) is 0 Å². The molecule has 0 saturated carbocycles. The molecule has 44 heavy (non-hydrogen) atoms. The average molecular weight is 594 g/mol. The van der Waals surface area contributed by atoms with Crippen LogP contribution in [0.5, 0.6) is 0 Å². The molecule has 7 rings (SSSR count). The molecule has 1 aliphatic carbocycles. The molecule has 1 aromatic carbocycles. The third-order valence-corrected chi connectivity index (χ3v) is 9.30. The SMILES string of the molecule is [C-]#[N+]c1c(F)cc(NC)c2c1-c1c(ncc(-c3cnc4c(c3)c(=O)c(C(=O)OCC)cn4C)c1N1CC[C@H]3CN(C)C[C@H]31)C2. The van der Waals surface area contributed by atoms with E-state index >= 15 is 4.39 Å². The lowest BCUT2D eigenvalue weighted by molar-refractivity contribution is 0.0524. The number of hydrogen-bond donors (Lipinski definition) is 1. The first-order valence-corrected chi connectivity index (χ1v) is 14.8. The quantitative estimate of drug-likeness (QED) is 0.233. The zero-order valence-corrected chi connectivity index (χ0v) is 25.1. The predicted octanol–water partition coefficient (Wildman–Crippen LogP) is 4.62. The topological polar surface area (TPSA) is 96.9 Å². The summed E-state index contributed by atoms with van der Waals surface area (Å²) in [5.41, 5.74) is 5.80. The van der Waals surface area contributed by atoms with Crippen LogP contribution < -0.4 is 15.6 Å². The number of carbonyl (C=O) groups excluding carboxylic acids is 1. The van der Waals surface area contributed by atoms with Gasteiger partial charge >= 0.3 is 5.97 Å². The Hall–Kier alpha value is -4.82. The molecule has 4 aromatic rings. The number of aryl methyl sites for hydroxylation is 1. The molecule has 2 fully saturated rings. The summed E-state index contributed by atoms with van der Waals surface area (Å²) in [6.45, 7) is 12.5. The van der Waals surface area contributed by atoms with Gasteiger partial charge in [-0.25, -0.2) is 19.0 Å². The minimum Gasteiger partial charge on any atom is -0.462 e. The van der Waals surface area contributed by atoms with Gasteiger partial charge in [-0.15, -0.1) is 0 Å². The Morgan fingerprint density at radius 3 is 2.77 bits per heavy atom. The number of likely N-dealkylation sites (N-methyl/N-ethyl adjacent to an activating group) is 1. The van der Waals surface area contributed by atoms with Crippen molar-refractivity contribution in [1.29, 1.82) is 0 Å². The Kier molecular flexibility index (Phi) is 6.62. The summed E-state index contributed by atoms with van der Waals surface area (Å²) in [7, 11) is 5.61. The third kappa shape index (κ3) is 4.08. The second-order valence-electron chi connectivity index (χ2n) is 11.8. The number of carbonyl (C=O) groups is 1. The van der Waals surface area contributed by atoms with E-state index in [4.69, 9.17) is 16.3 Å². The molecule has 0 amide bonds. The van der Waals surface area contributed by atoms with E-state index < -0.39 is 17.2 Å². The molecule has 0 bridgehead atoms. The van der Waals surface area contributed by atoms with Crippen LogP contribution in [0.25, 0.3) is 38.1 Å². The summed E-state index contributed by atoms with van der Waals surface area (Å²) in [5.74, 6) is -0.777. The number of nitrogens with one attached hydrogen (secondary N) is 1. The van der Waals surface area contributed by atoms with Crippen molar-refractivity contribution in [2.75, 3.05) is 50.6 Å². The van der Waals surface area contributed by atoms with Gasteiger partial charge in [0.25, 0.3) is 0 Å². The summed E-state index contributed by atoms with van der Waals surface area (Å²) in [6.07, 6.45) is 6.46. The number of pyridine rings is 3. The van der Waals surface area contributed by atoms with E-state index in [1.54, 1.807) is 37.8 Å². The van der Waals surface area contributed by atoms with Crippen molar-refractivity contribution < 1.29 is 13.9 Å². The maximum Gasteiger partial charge on any atom is 0.343 e. The molecule has 3 aliphatic rings. The van der Waals surface area contributed by atoms with Gasteiger partial charge in [0.2, 0.25) is 11.1 Å². The predicted molar refractivity (Wildman–Crippen MR) is 167 cm³/mol. The van der Waals surface area contributed by atoms with Crippen LogP contribution in [0, 0.1) is 18.3 Å². The van der Waals surface area contributed by atoms with Crippen molar-refractivity contribution in [3.8, 4) is 22.3 Å². The number of benzene rings is 1. The number of nitrogens with zero attached hydrogens (tertiary/aromatic N) is 6. The van der Waals surface area contributed by atoms with E-state index in [9.17, 15) is 9.59 Å². The lowest BCUT2D eigenvalue weighted by Crippen LogP contribution is -2.35. The highest BCUT2D eigenvalue weighted by molar-refractivity contribution is 6.02. The first-order chi connectivity index (χ1) is 21.2. The van der Waals surface area contributed by atoms with Crippen molar-refractivity contribution in [3.63, 3.8) is 0 Å². The minimum absolute atomic E-state index is 0.0122. The van der Waals surface area contributed by atoms with Gasteiger partial charge in [-0.1, -0.05) is 0 Å². The largest absolute Gasteiger partial charge is 0.462 e. The fourth-order valence-electron chi connectivity index (χ4n) is 7.39. The second kappa shape index (κ2) is 10.4. The maximum absolute atomic E-state index is 15.4.